The third kappa shape index (κ3) is 4.24. The van der Waals surface area contributed by atoms with E-state index >= 15 is 0 Å². The van der Waals surface area contributed by atoms with Crippen LogP contribution in [0.25, 0.3) is 0 Å². The van der Waals surface area contributed by atoms with Crippen LogP contribution < -0.4 is 5.32 Å². The number of nitrogens with zero attached hydrogens (tertiary/aromatic N) is 1. The minimum absolute atomic E-state index is 0.350. The first kappa shape index (κ1) is 16.4. The molecule has 112 valence electrons. The largest absolute Gasteiger partial charge is 0.479 e. The average Bonchev–Trinajstić information content (AvgIpc) is 2.86. The molecule has 0 aliphatic heterocycles. The van der Waals surface area contributed by atoms with Gasteiger partial charge in [-0.2, -0.15) is 11.8 Å². The molecule has 5 nitrogen and oxygen atoms in total. The fourth-order valence-corrected chi connectivity index (χ4v) is 3.22. The van der Waals surface area contributed by atoms with E-state index in [0.29, 0.717) is 21.8 Å². The van der Waals surface area contributed by atoms with Gasteiger partial charge in [-0.3, -0.25) is 0 Å². The average molecular weight is 436 g/mol. The Morgan fingerprint density at radius 2 is 2.29 bits per heavy atom. The van der Waals surface area contributed by atoms with Crippen LogP contribution in [0.5, 0.6) is 0 Å². The normalized spacial score (nSPS) is 12.1. The Morgan fingerprint density at radius 3 is 2.90 bits per heavy atom. The van der Waals surface area contributed by atoms with E-state index < -0.39 is 12.0 Å². The topological polar surface area (TPSA) is 75.4 Å². The summed E-state index contributed by atoms with van der Waals surface area (Å²) in [5, 5.41) is 12.3. The molecule has 2 aromatic rings. The summed E-state index contributed by atoms with van der Waals surface area (Å²) in [5.41, 5.74) is 0. The Balaban J connectivity index is 2.24. The minimum Gasteiger partial charge on any atom is -0.479 e. The molecule has 0 saturated carbocycles. The van der Waals surface area contributed by atoms with Crippen molar-refractivity contribution in [3.05, 3.63) is 44.9 Å². The first-order chi connectivity index (χ1) is 10.0. The van der Waals surface area contributed by atoms with Crippen molar-refractivity contribution in [2.24, 2.45) is 0 Å². The number of hydrogen-bond acceptors (Lipinski definition) is 5. The van der Waals surface area contributed by atoms with Crippen molar-refractivity contribution in [1.82, 2.24) is 4.98 Å². The van der Waals surface area contributed by atoms with Crippen LogP contribution in [-0.4, -0.2) is 22.3 Å². The molecule has 0 radical (unpaired) electrons. The van der Waals surface area contributed by atoms with Crippen LogP contribution in [0.2, 0.25) is 0 Å². The van der Waals surface area contributed by atoms with Crippen LogP contribution >= 0.6 is 43.6 Å². The maximum Gasteiger partial charge on any atom is 0.334 e. The van der Waals surface area contributed by atoms with Crippen LogP contribution in [0.4, 0.5) is 5.82 Å². The maximum absolute atomic E-state index is 11.5. The van der Waals surface area contributed by atoms with Gasteiger partial charge in [0.1, 0.15) is 17.3 Å². The first-order valence-corrected chi connectivity index (χ1v) is 8.87. The molecule has 0 aromatic carbocycles. The van der Waals surface area contributed by atoms with Gasteiger partial charge in [-0.25, -0.2) is 9.78 Å². The number of pyridine rings is 1. The van der Waals surface area contributed by atoms with Gasteiger partial charge in [0.25, 0.3) is 0 Å². The van der Waals surface area contributed by atoms with E-state index in [4.69, 9.17) is 4.42 Å². The van der Waals surface area contributed by atoms with E-state index in [2.05, 4.69) is 42.2 Å². The Kier molecular flexibility index (Phi) is 5.72. The highest BCUT2D eigenvalue weighted by molar-refractivity contribution is 9.11. The zero-order valence-corrected chi connectivity index (χ0v) is 15.0. The Bertz CT molecular complexity index is 648. The molecule has 2 aromatic heterocycles. The fraction of sp³-hybridized carbons (Fsp3) is 0.231. The number of thioether (sulfide) groups is 1. The number of hydrogen-bond donors (Lipinski definition) is 2. The summed E-state index contributed by atoms with van der Waals surface area (Å²) >= 11 is 8.25. The van der Waals surface area contributed by atoms with Crippen molar-refractivity contribution >= 4 is 55.4 Å². The van der Waals surface area contributed by atoms with Crippen LogP contribution in [0.3, 0.4) is 0 Å². The summed E-state index contributed by atoms with van der Waals surface area (Å²) in [6, 6.07) is 4.25. The highest BCUT2D eigenvalue weighted by Crippen LogP contribution is 2.28. The lowest BCUT2D eigenvalue weighted by Gasteiger charge is -2.14. The van der Waals surface area contributed by atoms with Gasteiger partial charge >= 0.3 is 5.97 Å². The molecule has 1 unspecified atom stereocenters. The third-order valence-electron chi connectivity index (χ3n) is 2.59. The molecule has 1 atom stereocenters. The number of nitrogens with one attached hydrogen (secondary N) is 1. The number of aliphatic carboxylic acids is 1. The van der Waals surface area contributed by atoms with E-state index in [1.807, 2.05) is 6.26 Å². The molecule has 0 aliphatic rings. The Hall–Kier alpha value is -0.990. The number of aromatic nitrogens is 1. The lowest BCUT2D eigenvalue weighted by atomic mass is 10.2. The SMILES string of the molecule is CSCc1ccc(C(Nc2ncc(Br)cc2Br)C(=O)O)o1. The molecule has 21 heavy (non-hydrogen) atoms. The fourth-order valence-electron chi connectivity index (χ4n) is 1.68. The molecule has 0 spiro atoms. The highest BCUT2D eigenvalue weighted by atomic mass is 79.9. The molecule has 2 heterocycles. The minimum atomic E-state index is -1.03. The van der Waals surface area contributed by atoms with Crippen molar-refractivity contribution in [3.63, 3.8) is 0 Å². The predicted octanol–water partition coefficient (Wildman–Crippen LogP) is 4.30. The standard InChI is InChI=1S/C13H12Br2N2O3S/c1-21-6-8-2-3-10(20-8)11(13(18)19)17-12-9(15)4-7(14)5-16-12/h2-5,11H,6H2,1H3,(H,16,17)(H,18,19). The van der Waals surface area contributed by atoms with Crippen LogP contribution in [0.1, 0.15) is 17.6 Å². The second-order valence-electron chi connectivity index (χ2n) is 4.14. The second kappa shape index (κ2) is 7.33. The van der Waals surface area contributed by atoms with Crippen LogP contribution in [-0.2, 0) is 10.5 Å². The summed E-state index contributed by atoms with van der Waals surface area (Å²) in [6.07, 6.45) is 3.55. The number of carboxylic acids is 1. The second-order valence-corrected chi connectivity index (χ2v) is 6.77. The number of rotatable bonds is 6. The van der Waals surface area contributed by atoms with Crippen LogP contribution in [0.15, 0.2) is 37.8 Å². The lowest BCUT2D eigenvalue weighted by molar-refractivity contribution is -0.138. The summed E-state index contributed by atoms with van der Waals surface area (Å²) < 4.78 is 7.03. The first-order valence-electron chi connectivity index (χ1n) is 5.89. The van der Waals surface area contributed by atoms with Gasteiger partial charge in [-0.15, -0.1) is 0 Å². The molecule has 0 fully saturated rings. The zero-order valence-electron chi connectivity index (χ0n) is 11.0. The van der Waals surface area contributed by atoms with Crippen molar-refractivity contribution in [2.45, 2.75) is 11.8 Å². The monoisotopic (exact) mass is 434 g/mol. The Labute approximate surface area is 142 Å². The summed E-state index contributed by atoms with van der Waals surface area (Å²) in [4.78, 5) is 15.6. The van der Waals surface area contributed by atoms with E-state index in [1.54, 1.807) is 36.2 Å². The van der Waals surface area contributed by atoms with Gasteiger partial charge in [0, 0.05) is 10.7 Å². The molecule has 8 heteroatoms. The van der Waals surface area contributed by atoms with Crippen LogP contribution in [0, 0.1) is 0 Å². The van der Waals surface area contributed by atoms with Crippen molar-refractivity contribution in [3.8, 4) is 0 Å². The van der Waals surface area contributed by atoms with Gasteiger partial charge in [0.15, 0.2) is 6.04 Å². The number of halogens is 2. The summed E-state index contributed by atoms with van der Waals surface area (Å²) in [6.45, 7) is 0. The molecule has 0 aliphatic carbocycles. The van der Waals surface area contributed by atoms with Gasteiger partial charge in [-0.05, 0) is 56.3 Å². The highest BCUT2D eigenvalue weighted by Gasteiger charge is 2.24. The summed E-state index contributed by atoms with van der Waals surface area (Å²) in [5.74, 6) is 1.20. The molecule has 2 rings (SSSR count). The van der Waals surface area contributed by atoms with Crippen molar-refractivity contribution < 1.29 is 14.3 Å². The molecule has 0 bridgehead atoms. The van der Waals surface area contributed by atoms with Gasteiger partial charge in [-0.1, -0.05) is 0 Å². The number of anilines is 1. The third-order valence-corrected chi connectivity index (χ3v) is 4.20. The zero-order chi connectivity index (χ0) is 15.4. The number of furan rings is 1. The number of carbonyl (C=O) groups is 1. The Morgan fingerprint density at radius 1 is 1.52 bits per heavy atom. The molecule has 0 amide bonds. The quantitative estimate of drug-likeness (QED) is 0.704. The van der Waals surface area contributed by atoms with Gasteiger partial charge in [0.2, 0.25) is 0 Å². The smallest absolute Gasteiger partial charge is 0.334 e. The molecular formula is C13H12Br2N2O3S. The lowest BCUT2D eigenvalue weighted by Crippen LogP contribution is -2.20. The molecule has 2 N–H and O–H groups in total. The van der Waals surface area contributed by atoms with E-state index in [-0.39, 0.29) is 0 Å². The van der Waals surface area contributed by atoms with E-state index in [0.717, 1.165) is 10.2 Å². The molecular weight excluding hydrogens is 424 g/mol. The predicted molar refractivity (Wildman–Crippen MR) is 89.6 cm³/mol. The molecule has 0 saturated heterocycles. The maximum atomic E-state index is 11.5. The summed E-state index contributed by atoms with van der Waals surface area (Å²) in [7, 11) is 0. The van der Waals surface area contributed by atoms with Crippen molar-refractivity contribution in [2.75, 3.05) is 11.6 Å². The van der Waals surface area contributed by atoms with Gasteiger partial charge < -0.3 is 14.8 Å². The van der Waals surface area contributed by atoms with Gasteiger partial charge in [0.05, 0.1) is 10.2 Å². The van der Waals surface area contributed by atoms with E-state index in [1.165, 1.54) is 0 Å². The van der Waals surface area contributed by atoms with E-state index in [9.17, 15) is 9.90 Å². The number of carboxylic acid groups (broad SMARTS) is 1. The van der Waals surface area contributed by atoms with Crippen molar-refractivity contribution in [1.29, 1.82) is 0 Å².